The minimum Gasteiger partial charge on any atom is -0.371 e. The summed E-state index contributed by atoms with van der Waals surface area (Å²) in [5, 5.41) is 0. The first-order valence-electron chi connectivity index (χ1n) is 6.63. The van der Waals surface area contributed by atoms with Gasteiger partial charge in [0.05, 0.1) is 0 Å². The first-order chi connectivity index (χ1) is 8.03. The molecule has 2 N–H and O–H groups in total. The molecule has 0 aliphatic carbocycles. The maximum absolute atomic E-state index is 6.20. The van der Waals surface area contributed by atoms with Crippen molar-refractivity contribution >= 4 is 5.69 Å². The molecule has 2 rings (SSSR count). The van der Waals surface area contributed by atoms with Crippen LogP contribution in [-0.4, -0.2) is 13.1 Å². The Labute approximate surface area is 105 Å². The monoisotopic (exact) mass is 232 g/mol. The van der Waals surface area contributed by atoms with E-state index in [0.29, 0.717) is 5.41 Å². The number of nitrogens with two attached hydrogens (primary N) is 1. The van der Waals surface area contributed by atoms with Crippen LogP contribution in [0, 0.1) is 5.41 Å². The molecule has 0 spiro atoms. The van der Waals surface area contributed by atoms with E-state index in [1.807, 2.05) is 0 Å². The van der Waals surface area contributed by atoms with E-state index in [2.05, 4.69) is 49.9 Å². The zero-order valence-electron chi connectivity index (χ0n) is 11.2. The summed E-state index contributed by atoms with van der Waals surface area (Å²) in [6.45, 7) is 9.13. The molecular formula is C15H24N2. The molecule has 94 valence electrons. The molecule has 1 atom stereocenters. The molecule has 0 radical (unpaired) electrons. The smallest absolute Gasteiger partial charge is 0.0414 e. The fourth-order valence-electron chi connectivity index (χ4n) is 2.63. The lowest BCUT2D eigenvalue weighted by Gasteiger charge is -2.26. The normalized spacial score (nSPS) is 20.6. The van der Waals surface area contributed by atoms with Crippen molar-refractivity contribution in [3.8, 4) is 0 Å². The van der Waals surface area contributed by atoms with E-state index in [0.717, 1.165) is 19.5 Å². The molecule has 2 nitrogen and oxygen atoms in total. The lowest BCUT2D eigenvalue weighted by atomic mass is 9.93. The van der Waals surface area contributed by atoms with Crippen molar-refractivity contribution in [2.24, 2.45) is 11.1 Å². The number of hydrogen-bond acceptors (Lipinski definition) is 2. The summed E-state index contributed by atoms with van der Waals surface area (Å²) in [6.07, 6.45) is 2.26. The van der Waals surface area contributed by atoms with E-state index in [9.17, 15) is 0 Å². The molecule has 2 heteroatoms. The number of hydrogen-bond donors (Lipinski definition) is 1. The van der Waals surface area contributed by atoms with Gasteiger partial charge in [0.1, 0.15) is 0 Å². The van der Waals surface area contributed by atoms with Gasteiger partial charge in [-0.2, -0.15) is 0 Å². The van der Waals surface area contributed by atoms with Gasteiger partial charge >= 0.3 is 0 Å². The van der Waals surface area contributed by atoms with Crippen molar-refractivity contribution in [1.82, 2.24) is 0 Å². The van der Waals surface area contributed by atoms with E-state index in [1.54, 1.807) is 0 Å². The summed E-state index contributed by atoms with van der Waals surface area (Å²) >= 11 is 0. The number of benzene rings is 1. The first kappa shape index (κ1) is 12.4. The number of rotatable bonds is 3. The van der Waals surface area contributed by atoms with Crippen LogP contribution in [0.3, 0.4) is 0 Å². The Balaban J connectivity index is 2.27. The molecule has 0 unspecified atom stereocenters. The van der Waals surface area contributed by atoms with Crippen LogP contribution in [-0.2, 0) is 0 Å². The van der Waals surface area contributed by atoms with E-state index in [4.69, 9.17) is 5.73 Å². The summed E-state index contributed by atoms with van der Waals surface area (Å²) < 4.78 is 0. The topological polar surface area (TPSA) is 29.3 Å². The molecule has 0 bridgehead atoms. The van der Waals surface area contributed by atoms with Crippen LogP contribution >= 0.6 is 0 Å². The Morgan fingerprint density at radius 2 is 2.06 bits per heavy atom. The maximum atomic E-state index is 6.20. The summed E-state index contributed by atoms with van der Waals surface area (Å²) in [5.41, 5.74) is 9.28. The zero-order chi connectivity index (χ0) is 12.5. The Bertz CT molecular complexity index is 384. The van der Waals surface area contributed by atoms with Gasteiger partial charge in [-0.3, -0.25) is 0 Å². The second-order valence-corrected chi connectivity index (χ2v) is 5.91. The minimum absolute atomic E-state index is 0.162. The fourth-order valence-corrected chi connectivity index (χ4v) is 2.63. The van der Waals surface area contributed by atoms with Crippen LogP contribution in [0.2, 0.25) is 0 Å². The molecule has 1 aliphatic heterocycles. The third-order valence-electron chi connectivity index (χ3n) is 3.79. The molecule has 1 fully saturated rings. The van der Waals surface area contributed by atoms with E-state index in [-0.39, 0.29) is 6.04 Å². The SMILES string of the molecule is CC[C@@H](N)c1ccccc1N1CCC(C)(C)C1. The van der Waals surface area contributed by atoms with Gasteiger partial charge in [0, 0.05) is 24.8 Å². The van der Waals surface area contributed by atoms with Crippen molar-refractivity contribution < 1.29 is 0 Å². The van der Waals surface area contributed by atoms with Crippen LogP contribution in [0.5, 0.6) is 0 Å². The van der Waals surface area contributed by atoms with Gasteiger partial charge in [0.25, 0.3) is 0 Å². The molecule has 1 aliphatic rings. The van der Waals surface area contributed by atoms with Gasteiger partial charge < -0.3 is 10.6 Å². The largest absolute Gasteiger partial charge is 0.371 e. The summed E-state index contributed by atoms with van der Waals surface area (Å²) in [6, 6.07) is 8.76. The Hall–Kier alpha value is -1.02. The van der Waals surface area contributed by atoms with Gasteiger partial charge in [-0.15, -0.1) is 0 Å². The Kier molecular flexibility index (Phi) is 3.43. The Morgan fingerprint density at radius 1 is 1.35 bits per heavy atom. The molecule has 0 saturated carbocycles. The van der Waals surface area contributed by atoms with E-state index < -0.39 is 0 Å². The molecule has 0 aromatic heterocycles. The van der Waals surface area contributed by atoms with Crippen LogP contribution in [0.15, 0.2) is 24.3 Å². The Morgan fingerprint density at radius 3 is 2.65 bits per heavy atom. The van der Waals surface area contributed by atoms with Crippen LogP contribution in [0.1, 0.15) is 45.2 Å². The average Bonchev–Trinajstić information content (AvgIpc) is 2.68. The predicted molar refractivity (Wildman–Crippen MR) is 74.3 cm³/mol. The van der Waals surface area contributed by atoms with Gasteiger partial charge in [-0.25, -0.2) is 0 Å². The van der Waals surface area contributed by atoms with Gasteiger partial charge in [0.15, 0.2) is 0 Å². The highest BCUT2D eigenvalue weighted by atomic mass is 15.2. The third kappa shape index (κ3) is 2.63. The molecule has 1 aromatic carbocycles. The molecule has 17 heavy (non-hydrogen) atoms. The standard InChI is InChI=1S/C15H24N2/c1-4-13(16)12-7-5-6-8-14(12)17-10-9-15(2,3)11-17/h5-8,13H,4,9-11,16H2,1-3H3/t13-/m1/s1. The average molecular weight is 232 g/mol. The van der Waals surface area contributed by atoms with E-state index in [1.165, 1.54) is 17.7 Å². The zero-order valence-corrected chi connectivity index (χ0v) is 11.2. The van der Waals surface area contributed by atoms with Crippen LogP contribution in [0.4, 0.5) is 5.69 Å². The van der Waals surface area contributed by atoms with Gasteiger partial charge in [-0.1, -0.05) is 39.0 Å². The lowest BCUT2D eigenvalue weighted by molar-refractivity contribution is 0.418. The van der Waals surface area contributed by atoms with Crippen molar-refractivity contribution in [1.29, 1.82) is 0 Å². The van der Waals surface area contributed by atoms with Crippen LogP contribution < -0.4 is 10.6 Å². The number of para-hydroxylation sites is 1. The maximum Gasteiger partial charge on any atom is 0.0414 e. The highest BCUT2D eigenvalue weighted by Gasteiger charge is 2.30. The minimum atomic E-state index is 0.162. The summed E-state index contributed by atoms with van der Waals surface area (Å²) in [7, 11) is 0. The van der Waals surface area contributed by atoms with E-state index >= 15 is 0 Å². The molecule has 0 amide bonds. The van der Waals surface area contributed by atoms with Gasteiger partial charge in [-0.05, 0) is 29.9 Å². The highest BCUT2D eigenvalue weighted by Crippen LogP contribution is 2.35. The lowest BCUT2D eigenvalue weighted by Crippen LogP contribution is -2.25. The molecule has 1 aromatic rings. The second-order valence-electron chi connectivity index (χ2n) is 5.91. The van der Waals surface area contributed by atoms with Crippen molar-refractivity contribution in [2.75, 3.05) is 18.0 Å². The summed E-state index contributed by atoms with van der Waals surface area (Å²) in [4.78, 5) is 2.49. The number of nitrogens with zero attached hydrogens (tertiary/aromatic N) is 1. The number of anilines is 1. The fraction of sp³-hybridized carbons (Fsp3) is 0.600. The highest BCUT2D eigenvalue weighted by molar-refractivity contribution is 5.56. The van der Waals surface area contributed by atoms with Gasteiger partial charge in [0.2, 0.25) is 0 Å². The van der Waals surface area contributed by atoms with Crippen molar-refractivity contribution in [3.63, 3.8) is 0 Å². The summed E-state index contributed by atoms with van der Waals surface area (Å²) in [5.74, 6) is 0. The molecular weight excluding hydrogens is 208 g/mol. The molecule has 1 saturated heterocycles. The second kappa shape index (κ2) is 4.69. The van der Waals surface area contributed by atoms with Crippen molar-refractivity contribution in [3.05, 3.63) is 29.8 Å². The first-order valence-corrected chi connectivity index (χ1v) is 6.63. The third-order valence-corrected chi connectivity index (χ3v) is 3.79. The quantitative estimate of drug-likeness (QED) is 0.866. The van der Waals surface area contributed by atoms with Crippen molar-refractivity contribution in [2.45, 2.75) is 39.7 Å². The predicted octanol–water partition coefficient (Wildman–Crippen LogP) is 3.33. The molecule has 1 heterocycles. The van der Waals surface area contributed by atoms with Crippen LogP contribution in [0.25, 0.3) is 0 Å².